The summed E-state index contributed by atoms with van der Waals surface area (Å²) < 4.78 is 26.0. The number of sulfonamides is 1. The number of aryl methyl sites for hydroxylation is 1. The van der Waals surface area contributed by atoms with Crippen LogP contribution in [0.4, 0.5) is 5.69 Å². The van der Waals surface area contributed by atoms with E-state index in [2.05, 4.69) is 5.32 Å². The van der Waals surface area contributed by atoms with Gasteiger partial charge >= 0.3 is 0 Å². The van der Waals surface area contributed by atoms with Gasteiger partial charge in [0, 0.05) is 13.1 Å². The van der Waals surface area contributed by atoms with Gasteiger partial charge in [-0.25, -0.2) is 8.42 Å². The van der Waals surface area contributed by atoms with Crippen LogP contribution < -0.4 is 9.62 Å². The highest BCUT2D eigenvalue weighted by molar-refractivity contribution is 7.92. The van der Waals surface area contributed by atoms with Crippen LogP contribution in [-0.2, 0) is 26.2 Å². The molecular formula is C23H31N3O4S. The van der Waals surface area contributed by atoms with Gasteiger partial charge in [-0.05, 0) is 38.0 Å². The van der Waals surface area contributed by atoms with E-state index in [1.54, 1.807) is 30.3 Å². The van der Waals surface area contributed by atoms with E-state index in [0.29, 0.717) is 18.7 Å². The third-order valence-electron chi connectivity index (χ3n) is 4.90. The molecule has 0 fully saturated rings. The molecule has 0 radical (unpaired) electrons. The minimum absolute atomic E-state index is 0.211. The summed E-state index contributed by atoms with van der Waals surface area (Å²) in [7, 11) is -3.70. The van der Waals surface area contributed by atoms with E-state index in [1.165, 1.54) is 4.90 Å². The molecule has 0 aliphatic heterocycles. The Hall–Kier alpha value is -2.87. The van der Waals surface area contributed by atoms with Gasteiger partial charge in [0.15, 0.2) is 0 Å². The van der Waals surface area contributed by atoms with Gasteiger partial charge in [-0.3, -0.25) is 13.9 Å². The Labute approximate surface area is 185 Å². The number of nitrogens with zero attached hydrogens (tertiary/aromatic N) is 2. The largest absolute Gasteiger partial charge is 0.355 e. The Balaban J connectivity index is 2.40. The van der Waals surface area contributed by atoms with Crippen molar-refractivity contribution in [1.82, 2.24) is 10.2 Å². The predicted molar refractivity (Wildman–Crippen MR) is 123 cm³/mol. The van der Waals surface area contributed by atoms with Crippen LogP contribution in [-0.4, -0.2) is 50.5 Å². The Morgan fingerprint density at radius 3 is 2.26 bits per heavy atom. The molecule has 0 spiro atoms. The molecule has 2 amide bonds. The summed E-state index contributed by atoms with van der Waals surface area (Å²) in [5.74, 6) is -0.689. The van der Waals surface area contributed by atoms with Gasteiger partial charge in [-0.15, -0.1) is 0 Å². The minimum Gasteiger partial charge on any atom is -0.355 e. The first-order valence-electron chi connectivity index (χ1n) is 10.3. The van der Waals surface area contributed by atoms with Gasteiger partial charge in [-0.2, -0.15) is 0 Å². The second kappa shape index (κ2) is 10.9. The summed E-state index contributed by atoms with van der Waals surface area (Å²) in [5.41, 5.74) is 2.32. The van der Waals surface area contributed by atoms with Crippen LogP contribution in [0.15, 0.2) is 54.6 Å². The van der Waals surface area contributed by atoms with Crippen LogP contribution in [0.2, 0.25) is 0 Å². The maximum absolute atomic E-state index is 13.4. The molecule has 0 heterocycles. The molecule has 0 unspecified atom stereocenters. The number of likely N-dealkylation sites (N-methyl/N-ethyl adjacent to an activating group) is 1. The van der Waals surface area contributed by atoms with Crippen molar-refractivity contribution in [3.05, 3.63) is 65.7 Å². The fourth-order valence-electron chi connectivity index (χ4n) is 3.43. The van der Waals surface area contributed by atoms with E-state index in [1.807, 2.05) is 45.0 Å². The first-order valence-corrected chi connectivity index (χ1v) is 12.2. The maximum atomic E-state index is 13.4. The number of carbonyl (C=O) groups is 2. The van der Waals surface area contributed by atoms with Gasteiger partial charge in [0.1, 0.15) is 12.6 Å². The van der Waals surface area contributed by atoms with Gasteiger partial charge < -0.3 is 10.2 Å². The Morgan fingerprint density at radius 2 is 1.71 bits per heavy atom. The lowest BCUT2D eigenvalue weighted by Gasteiger charge is -2.32. The number of hydrogen-bond donors (Lipinski definition) is 1. The Kier molecular flexibility index (Phi) is 8.62. The molecule has 7 nitrogen and oxygen atoms in total. The summed E-state index contributed by atoms with van der Waals surface area (Å²) >= 11 is 0. The zero-order valence-corrected chi connectivity index (χ0v) is 19.4. The van der Waals surface area contributed by atoms with Crippen LogP contribution >= 0.6 is 0 Å². The summed E-state index contributed by atoms with van der Waals surface area (Å²) in [4.78, 5) is 27.6. The van der Waals surface area contributed by atoms with E-state index < -0.39 is 22.0 Å². The monoisotopic (exact) mass is 445 g/mol. The zero-order valence-electron chi connectivity index (χ0n) is 18.5. The molecule has 8 heteroatoms. The van der Waals surface area contributed by atoms with Crippen molar-refractivity contribution in [2.75, 3.05) is 23.7 Å². The Morgan fingerprint density at radius 1 is 1.03 bits per heavy atom. The van der Waals surface area contributed by atoms with Crippen molar-refractivity contribution >= 4 is 27.5 Å². The SMILES string of the molecule is CCNC(=O)[C@H](CC)N(Cc1cccc(C)c1)C(=O)CN(c1ccccc1)S(C)(=O)=O. The van der Waals surface area contributed by atoms with E-state index >= 15 is 0 Å². The second-order valence-electron chi connectivity index (χ2n) is 7.43. The van der Waals surface area contributed by atoms with Gasteiger partial charge in [0.2, 0.25) is 21.8 Å². The maximum Gasteiger partial charge on any atom is 0.244 e. The molecule has 0 aliphatic carbocycles. The number of para-hydroxylation sites is 1. The fourth-order valence-corrected chi connectivity index (χ4v) is 4.28. The van der Waals surface area contributed by atoms with Gasteiger partial charge in [0.05, 0.1) is 11.9 Å². The van der Waals surface area contributed by atoms with Crippen molar-refractivity contribution in [3.63, 3.8) is 0 Å². The van der Waals surface area contributed by atoms with Crippen molar-refractivity contribution < 1.29 is 18.0 Å². The number of rotatable bonds is 10. The third-order valence-corrected chi connectivity index (χ3v) is 6.04. The first kappa shape index (κ1) is 24.4. The number of hydrogen-bond acceptors (Lipinski definition) is 4. The molecule has 1 N–H and O–H groups in total. The molecule has 2 rings (SSSR count). The minimum atomic E-state index is -3.70. The van der Waals surface area contributed by atoms with Gasteiger partial charge in [0.25, 0.3) is 0 Å². The molecule has 2 aromatic carbocycles. The number of amides is 2. The molecule has 1 atom stereocenters. The fraction of sp³-hybridized carbons (Fsp3) is 0.391. The highest BCUT2D eigenvalue weighted by Gasteiger charge is 2.31. The van der Waals surface area contributed by atoms with E-state index in [4.69, 9.17) is 0 Å². The lowest BCUT2D eigenvalue weighted by Crippen LogP contribution is -2.52. The standard InChI is InChI=1S/C23H31N3O4S/c1-5-21(23(28)24-6-2)25(16-19-12-10-11-18(3)15-19)22(27)17-26(31(4,29)30)20-13-8-7-9-14-20/h7-15,21H,5-6,16-17H2,1-4H3,(H,24,28)/t21-/m0/s1. The molecule has 0 aliphatic rings. The van der Waals surface area contributed by atoms with Crippen molar-refractivity contribution in [1.29, 1.82) is 0 Å². The summed E-state index contributed by atoms with van der Waals surface area (Å²) in [6.07, 6.45) is 1.48. The highest BCUT2D eigenvalue weighted by atomic mass is 32.2. The van der Waals surface area contributed by atoms with E-state index in [0.717, 1.165) is 21.7 Å². The van der Waals surface area contributed by atoms with E-state index in [-0.39, 0.29) is 19.0 Å². The molecule has 0 aromatic heterocycles. The average Bonchev–Trinajstić information content (AvgIpc) is 2.71. The van der Waals surface area contributed by atoms with Crippen molar-refractivity contribution in [3.8, 4) is 0 Å². The third kappa shape index (κ3) is 6.82. The van der Waals surface area contributed by atoms with Crippen LogP contribution in [0, 0.1) is 6.92 Å². The Bertz CT molecular complexity index is 993. The van der Waals surface area contributed by atoms with E-state index in [9.17, 15) is 18.0 Å². The lowest BCUT2D eigenvalue weighted by molar-refractivity contribution is -0.140. The molecule has 0 saturated heterocycles. The van der Waals surface area contributed by atoms with Gasteiger partial charge in [-0.1, -0.05) is 55.0 Å². The highest BCUT2D eigenvalue weighted by Crippen LogP contribution is 2.19. The topological polar surface area (TPSA) is 86.8 Å². The van der Waals surface area contributed by atoms with Crippen LogP contribution in [0.5, 0.6) is 0 Å². The number of anilines is 1. The molecule has 0 saturated carbocycles. The average molecular weight is 446 g/mol. The normalized spacial score (nSPS) is 12.1. The number of carbonyl (C=O) groups excluding carboxylic acids is 2. The lowest BCUT2D eigenvalue weighted by atomic mass is 10.1. The number of benzene rings is 2. The molecule has 168 valence electrons. The first-order chi connectivity index (χ1) is 14.7. The molecular weight excluding hydrogens is 414 g/mol. The molecule has 2 aromatic rings. The summed E-state index contributed by atoms with van der Waals surface area (Å²) in [6.45, 7) is 5.88. The van der Waals surface area contributed by atoms with Crippen LogP contribution in [0.25, 0.3) is 0 Å². The number of nitrogens with one attached hydrogen (secondary N) is 1. The van der Waals surface area contributed by atoms with Crippen molar-refractivity contribution in [2.45, 2.75) is 39.8 Å². The molecule has 0 bridgehead atoms. The quantitative estimate of drug-likeness (QED) is 0.609. The second-order valence-corrected chi connectivity index (χ2v) is 9.34. The summed E-state index contributed by atoms with van der Waals surface area (Å²) in [6, 6.07) is 15.5. The molecule has 31 heavy (non-hydrogen) atoms. The predicted octanol–water partition coefficient (Wildman–Crippen LogP) is 2.70. The summed E-state index contributed by atoms with van der Waals surface area (Å²) in [5, 5.41) is 2.78. The van der Waals surface area contributed by atoms with Crippen LogP contribution in [0.3, 0.4) is 0 Å². The van der Waals surface area contributed by atoms with Crippen LogP contribution in [0.1, 0.15) is 31.4 Å². The van der Waals surface area contributed by atoms with Crippen molar-refractivity contribution in [2.24, 2.45) is 0 Å². The smallest absolute Gasteiger partial charge is 0.244 e. The zero-order chi connectivity index (χ0) is 23.0.